The first-order valence-electron chi connectivity index (χ1n) is 5.53. The van der Waals surface area contributed by atoms with E-state index in [4.69, 9.17) is 5.73 Å². The molecular weight excluding hydrogens is 170 g/mol. The van der Waals surface area contributed by atoms with Gasteiger partial charge in [0.05, 0.1) is 0 Å². The Bertz CT molecular complexity index is 283. The molecule has 1 heteroatoms. The molecular formula is C13H19N. The minimum atomic E-state index is 0.811. The second-order valence-electron chi connectivity index (χ2n) is 4.63. The summed E-state index contributed by atoms with van der Waals surface area (Å²) in [5.74, 6) is 1.71. The Kier molecular flexibility index (Phi) is 2.87. The third-order valence-electron chi connectivity index (χ3n) is 3.31. The Morgan fingerprint density at radius 1 is 1.14 bits per heavy atom. The molecule has 0 spiro atoms. The molecule has 2 rings (SSSR count). The topological polar surface area (TPSA) is 26.0 Å². The largest absolute Gasteiger partial charge is 0.330 e. The van der Waals surface area contributed by atoms with Crippen LogP contribution in [0.15, 0.2) is 24.3 Å². The molecule has 1 aliphatic carbocycles. The molecule has 0 atom stereocenters. The summed E-state index contributed by atoms with van der Waals surface area (Å²) < 4.78 is 0. The van der Waals surface area contributed by atoms with E-state index in [1.807, 2.05) is 0 Å². The monoisotopic (exact) mass is 189 g/mol. The quantitative estimate of drug-likeness (QED) is 0.777. The minimum Gasteiger partial charge on any atom is -0.330 e. The van der Waals surface area contributed by atoms with E-state index in [-0.39, 0.29) is 0 Å². The minimum absolute atomic E-state index is 0.811. The van der Waals surface area contributed by atoms with Crippen molar-refractivity contribution < 1.29 is 0 Å². The summed E-state index contributed by atoms with van der Waals surface area (Å²) in [5.41, 5.74) is 8.44. The van der Waals surface area contributed by atoms with Crippen LogP contribution in [0.25, 0.3) is 0 Å². The van der Waals surface area contributed by atoms with Gasteiger partial charge >= 0.3 is 0 Å². The van der Waals surface area contributed by atoms with E-state index < -0.39 is 0 Å². The van der Waals surface area contributed by atoms with Crippen molar-refractivity contribution in [3.05, 3.63) is 35.4 Å². The summed E-state index contributed by atoms with van der Waals surface area (Å²) in [5, 5.41) is 0. The fourth-order valence-electron chi connectivity index (χ4n) is 2.29. The lowest BCUT2D eigenvalue weighted by Gasteiger charge is -2.34. The number of benzene rings is 1. The molecule has 1 aromatic carbocycles. The van der Waals surface area contributed by atoms with E-state index in [0.29, 0.717) is 0 Å². The van der Waals surface area contributed by atoms with Gasteiger partial charge in [-0.2, -0.15) is 0 Å². The van der Waals surface area contributed by atoms with Gasteiger partial charge in [-0.15, -0.1) is 0 Å². The summed E-state index contributed by atoms with van der Waals surface area (Å²) in [4.78, 5) is 0. The van der Waals surface area contributed by atoms with E-state index in [1.54, 1.807) is 0 Å². The Morgan fingerprint density at radius 2 is 1.79 bits per heavy atom. The van der Waals surface area contributed by atoms with Crippen LogP contribution < -0.4 is 5.73 Å². The number of aryl methyl sites for hydroxylation is 1. The highest BCUT2D eigenvalue weighted by molar-refractivity contribution is 5.22. The van der Waals surface area contributed by atoms with Crippen LogP contribution in [0.1, 0.15) is 24.0 Å². The summed E-state index contributed by atoms with van der Waals surface area (Å²) >= 11 is 0. The van der Waals surface area contributed by atoms with Gasteiger partial charge in [-0.25, -0.2) is 0 Å². The molecule has 1 saturated carbocycles. The lowest BCUT2D eigenvalue weighted by Crippen LogP contribution is -2.31. The zero-order valence-electron chi connectivity index (χ0n) is 8.87. The van der Waals surface area contributed by atoms with Crippen molar-refractivity contribution in [2.75, 3.05) is 6.54 Å². The Morgan fingerprint density at radius 3 is 2.36 bits per heavy atom. The lowest BCUT2D eigenvalue weighted by molar-refractivity contribution is 0.199. The standard InChI is InChI=1S/C13H19N/c1-10-2-4-11(5-3-10)6-12-7-13(8-12)9-14/h2-5,12-13H,6-9,14H2,1H3. The van der Waals surface area contributed by atoms with Gasteiger partial charge in [0, 0.05) is 0 Å². The average molecular weight is 189 g/mol. The molecule has 14 heavy (non-hydrogen) atoms. The first-order valence-corrected chi connectivity index (χ1v) is 5.53. The molecule has 1 nitrogen and oxygen atoms in total. The van der Waals surface area contributed by atoms with Gasteiger partial charge in [-0.05, 0) is 50.1 Å². The summed E-state index contributed by atoms with van der Waals surface area (Å²) in [6.45, 7) is 3.02. The van der Waals surface area contributed by atoms with Crippen molar-refractivity contribution in [2.45, 2.75) is 26.2 Å². The summed E-state index contributed by atoms with van der Waals surface area (Å²) in [6, 6.07) is 8.92. The Labute approximate surface area is 86.3 Å². The molecule has 0 saturated heterocycles. The van der Waals surface area contributed by atoms with Crippen molar-refractivity contribution in [3.63, 3.8) is 0 Å². The smallest absolute Gasteiger partial charge is 0.00487 e. The molecule has 0 aliphatic heterocycles. The van der Waals surface area contributed by atoms with Crippen LogP contribution in [-0.2, 0) is 6.42 Å². The zero-order chi connectivity index (χ0) is 9.97. The van der Waals surface area contributed by atoms with Gasteiger partial charge in [-0.3, -0.25) is 0 Å². The maximum absolute atomic E-state index is 5.61. The third kappa shape index (κ3) is 2.16. The molecule has 1 fully saturated rings. The van der Waals surface area contributed by atoms with Gasteiger partial charge in [0.15, 0.2) is 0 Å². The lowest BCUT2D eigenvalue weighted by atomic mass is 9.72. The Hall–Kier alpha value is -0.820. The predicted molar refractivity (Wildman–Crippen MR) is 60.2 cm³/mol. The van der Waals surface area contributed by atoms with Gasteiger partial charge in [0.25, 0.3) is 0 Å². The number of nitrogens with two attached hydrogens (primary N) is 1. The Balaban J connectivity index is 1.84. The highest BCUT2D eigenvalue weighted by atomic mass is 14.6. The normalized spacial score (nSPS) is 25.9. The fraction of sp³-hybridized carbons (Fsp3) is 0.538. The molecule has 0 unspecified atom stereocenters. The van der Waals surface area contributed by atoms with Gasteiger partial charge in [-0.1, -0.05) is 29.8 Å². The molecule has 0 heterocycles. The first kappa shape index (κ1) is 9.72. The van der Waals surface area contributed by atoms with Crippen molar-refractivity contribution in [2.24, 2.45) is 17.6 Å². The summed E-state index contributed by atoms with van der Waals surface area (Å²) in [7, 11) is 0. The average Bonchev–Trinajstić information content (AvgIpc) is 2.13. The first-order chi connectivity index (χ1) is 6.78. The highest BCUT2D eigenvalue weighted by Crippen LogP contribution is 2.35. The maximum atomic E-state index is 5.61. The van der Waals surface area contributed by atoms with E-state index in [0.717, 1.165) is 18.4 Å². The molecule has 1 aromatic rings. The molecule has 2 N–H and O–H groups in total. The van der Waals surface area contributed by atoms with Crippen LogP contribution in [0, 0.1) is 18.8 Å². The van der Waals surface area contributed by atoms with Gasteiger partial charge < -0.3 is 5.73 Å². The van der Waals surface area contributed by atoms with Gasteiger partial charge in [0.2, 0.25) is 0 Å². The molecule has 1 aliphatic rings. The van der Waals surface area contributed by atoms with Crippen molar-refractivity contribution in [1.82, 2.24) is 0 Å². The van der Waals surface area contributed by atoms with E-state index in [2.05, 4.69) is 31.2 Å². The summed E-state index contributed by atoms with van der Waals surface area (Å²) in [6.07, 6.45) is 3.92. The zero-order valence-corrected chi connectivity index (χ0v) is 8.87. The second kappa shape index (κ2) is 4.14. The SMILES string of the molecule is Cc1ccc(CC2CC(CN)C2)cc1. The molecule has 0 aromatic heterocycles. The maximum Gasteiger partial charge on any atom is -0.00487 e. The number of hydrogen-bond donors (Lipinski definition) is 1. The highest BCUT2D eigenvalue weighted by Gasteiger charge is 2.27. The van der Waals surface area contributed by atoms with Crippen LogP contribution >= 0.6 is 0 Å². The fourth-order valence-corrected chi connectivity index (χ4v) is 2.29. The third-order valence-corrected chi connectivity index (χ3v) is 3.31. The molecule has 0 bridgehead atoms. The van der Waals surface area contributed by atoms with Crippen LogP contribution in [0.3, 0.4) is 0 Å². The van der Waals surface area contributed by atoms with E-state index in [1.165, 1.54) is 30.4 Å². The molecule has 0 amide bonds. The van der Waals surface area contributed by atoms with E-state index in [9.17, 15) is 0 Å². The van der Waals surface area contributed by atoms with E-state index >= 15 is 0 Å². The van der Waals surface area contributed by atoms with Gasteiger partial charge in [0.1, 0.15) is 0 Å². The van der Waals surface area contributed by atoms with Crippen molar-refractivity contribution in [1.29, 1.82) is 0 Å². The second-order valence-corrected chi connectivity index (χ2v) is 4.63. The van der Waals surface area contributed by atoms with Crippen LogP contribution in [0.5, 0.6) is 0 Å². The number of hydrogen-bond acceptors (Lipinski definition) is 1. The number of rotatable bonds is 3. The van der Waals surface area contributed by atoms with Crippen molar-refractivity contribution >= 4 is 0 Å². The van der Waals surface area contributed by atoms with Crippen LogP contribution in [0.4, 0.5) is 0 Å². The van der Waals surface area contributed by atoms with Crippen molar-refractivity contribution in [3.8, 4) is 0 Å². The predicted octanol–water partition coefficient (Wildman–Crippen LogP) is 2.52. The van der Waals surface area contributed by atoms with Crippen LogP contribution in [0.2, 0.25) is 0 Å². The molecule has 0 radical (unpaired) electrons. The molecule has 76 valence electrons. The van der Waals surface area contributed by atoms with Crippen LogP contribution in [-0.4, -0.2) is 6.54 Å².